The van der Waals surface area contributed by atoms with E-state index < -0.39 is 8.07 Å². The van der Waals surface area contributed by atoms with Crippen molar-refractivity contribution >= 4 is 30.2 Å². The number of nitrogens with zero attached hydrogens (tertiary/aromatic N) is 1. The Morgan fingerprint density at radius 2 is 1.55 bits per heavy atom. The molecule has 0 atom stereocenters. The Bertz CT molecular complexity index is 946. The second-order valence-electron chi connectivity index (χ2n) is 6.48. The molecule has 0 radical (unpaired) electrons. The molecule has 0 unspecified atom stereocenters. The molecule has 0 amide bonds. The third-order valence-corrected chi connectivity index (χ3v) is 9.57. The first kappa shape index (κ1) is 12.7. The maximum atomic E-state index is 4.71. The number of fused-ring (bicyclic) bond motifs is 2. The molecule has 1 aromatic heterocycles. The van der Waals surface area contributed by atoms with Crippen molar-refractivity contribution in [2.45, 2.75) is 22.9 Å². The van der Waals surface area contributed by atoms with E-state index >= 15 is 0 Å². The zero-order valence-corrected chi connectivity index (χ0v) is 14.4. The van der Waals surface area contributed by atoms with Gasteiger partial charge in [0.15, 0.2) is 0 Å². The molecule has 0 N–H and O–H groups in total. The standard InChI is InChI=1S/C19H15NSSi/c1-22(2)15-9-3-6-12-17(15)18-13(7-4-10-16(18)22)21-14-8-5-11-20-19(12)14/h3-11H,1-2H3. The second kappa shape index (κ2) is 4.12. The van der Waals surface area contributed by atoms with Crippen molar-refractivity contribution in [3.63, 3.8) is 0 Å². The van der Waals surface area contributed by atoms with Gasteiger partial charge in [0.2, 0.25) is 0 Å². The maximum Gasteiger partial charge on any atom is 0.113 e. The molecule has 3 heterocycles. The van der Waals surface area contributed by atoms with Crippen LogP contribution in [0.25, 0.3) is 22.4 Å². The van der Waals surface area contributed by atoms with Gasteiger partial charge in [0.1, 0.15) is 8.07 Å². The minimum Gasteiger partial charge on any atom is -0.255 e. The Balaban J connectivity index is 2.02. The van der Waals surface area contributed by atoms with Crippen molar-refractivity contribution in [3.8, 4) is 22.4 Å². The maximum absolute atomic E-state index is 4.71. The zero-order chi connectivity index (χ0) is 14.9. The highest BCUT2D eigenvalue weighted by atomic mass is 32.2. The Kier molecular flexibility index (Phi) is 2.37. The van der Waals surface area contributed by atoms with E-state index in [1.807, 2.05) is 24.0 Å². The number of pyridine rings is 1. The van der Waals surface area contributed by atoms with Gasteiger partial charge < -0.3 is 0 Å². The molecule has 3 heteroatoms. The summed E-state index contributed by atoms with van der Waals surface area (Å²) in [4.78, 5) is 7.36. The van der Waals surface area contributed by atoms with Crippen LogP contribution in [0.3, 0.4) is 0 Å². The Morgan fingerprint density at radius 1 is 0.818 bits per heavy atom. The zero-order valence-electron chi connectivity index (χ0n) is 12.6. The lowest BCUT2D eigenvalue weighted by Gasteiger charge is -2.20. The van der Waals surface area contributed by atoms with E-state index in [9.17, 15) is 0 Å². The molecule has 5 rings (SSSR count). The summed E-state index contributed by atoms with van der Waals surface area (Å²) in [6, 6.07) is 17.9. The molecule has 22 heavy (non-hydrogen) atoms. The van der Waals surface area contributed by atoms with Gasteiger partial charge in [0, 0.05) is 21.6 Å². The van der Waals surface area contributed by atoms with Crippen molar-refractivity contribution in [2.75, 3.05) is 0 Å². The minimum atomic E-state index is -1.59. The van der Waals surface area contributed by atoms with Crippen LogP contribution in [-0.4, -0.2) is 13.1 Å². The van der Waals surface area contributed by atoms with Gasteiger partial charge in [-0.2, -0.15) is 0 Å². The van der Waals surface area contributed by atoms with E-state index in [2.05, 4.69) is 55.6 Å². The molecule has 0 aliphatic carbocycles. The van der Waals surface area contributed by atoms with Gasteiger partial charge in [-0.3, -0.25) is 4.98 Å². The number of aromatic nitrogens is 1. The lowest BCUT2D eigenvalue weighted by atomic mass is 9.97. The van der Waals surface area contributed by atoms with Crippen LogP contribution < -0.4 is 10.4 Å². The summed E-state index contributed by atoms with van der Waals surface area (Å²) in [6.45, 7) is 4.94. The van der Waals surface area contributed by atoms with Crippen LogP contribution in [0.5, 0.6) is 0 Å². The molecule has 3 aromatic rings. The van der Waals surface area contributed by atoms with Crippen LogP contribution in [-0.2, 0) is 0 Å². The Hall–Kier alpha value is -1.84. The van der Waals surface area contributed by atoms with E-state index in [1.165, 1.54) is 26.5 Å². The van der Waals surface area contributed by atoms with Gasteiger partial charge in [0.05, 0.1) is 5.69 Å². The average molecular weight is 317 g/mol. The third kappa shape index (κ3) is 1.43. The molecule has 2 aliphatic rings. The molecule has 2 aliphatic heterocycles. The molecule has 0 saturated carbocycles. The predicted octanol–water partition coefficient (Wildman–Crippen LogP) is 4.02. The van der Waals surface area contributed by atoms with Crippen LogP contribution in [0.1, 0.15) is 0 Å². The quantitative estimate of drug-likeness (QED) is 0.454. The predicted molar refractivity (Wildman–Crippen MR) is 96.0 cm³/mol. The molecule has 0 saturated heterocycles. The topological polar surface area (TPSA) is 12.9 Å². The molecule has 0 bridgehead atoms. The summed E-state index contributed by atoms with van der Waals surface area (Å²) in [5.41, 5.74) is 5.38. The number of rotatable bonds is 0. The summed E-state index contributed by atoms with van der Waals surface area (Å²) in [5.74, 6) is 0. The molecular weight excluding hydrogens is 302 g/mol. The van der Waals surface area contributed by atoms with Gasteiger partial charge in [-0.05, 0) is 39.7 Å². The molecule has 1 nitrogen and oxygen atoms in total. The van der Waals surface area contributed by atoms with Crippen molar-refractivity contribution in [1.29, 1.82) is 0 Å². The summed E-state index contributed by atoms with van der Waals surface area (Å²) >= 11 is 1.87. The highest BCUT2D eigenvalue weighted by Crippen LogP contribution is 2.48. The fourth-order valence-corrected chi connectivity index (χ4v) is 8.15. The Morgan fingerprint density at radius 3 is 2.41 bits per heavy atom. The van der Waals surface area contributed by atoms with Gasteiger partial charge in [0.25, 0.3) is 0 Å². The van der Waals surface area contributed by atoms with Gasteiger partial charge in [-0.1, -0.05) is 55.2 Å². The van der Waals surface area contributed by atoms with E-state index in [1.54, 1.807) is 10.4 Å². The van der Waals surface area contributed by atoms with Crippen molar-refractivity contribution in [2.24, 2.45) is 0 Å². The highest BCUT2D eigenvalue weighted by molar-refractivity contribution is 7.99. The summed E-state index contributed by atoms with van der Waals surface area (Å²) in [5, 5.41) is 3.14. The first-order valence-electron chi connectivity index (χ1n) is 7.58. The van der Waals surface area contributed by atoms with Gasteiger partial charge in [-0.15, -0.1) is 0 Å². The first-order valence-corrected chi connectivity index (χ1v) is 11.4. The summed E-state index contributed by atoms with van der Waals surface area (Å²) in [6.07, 6.45) is 1.91. The summed E-state index contributed by atoms with van der Waals surface area (Å²) in [7, 11) is -1.59. The lowest BCUT2D eigenvalue weighted by Crippen LogP contribution is -2.49. The fraction of sp³-hybridized carbons (Fsp3) is 0.105. The SMILES string of the molecule is C[Si]1(C)c2cccc3c2-c2c(cccc21)-c1ncccc1S3. The fourth-order valence-electron chi connectivity index (χ4n) is 3.87. The normalized spacial score (nSPS) is 15.9. The van der Waals surface area contributed by atoms with E-state index in [4.69, 9.17) is 4.98 Å². The van der Waals surface area contributed by atoms with Crippen LogP contribution in [0.2, 0.25) is 13.1 Å². The van der Waals surface area contributed by atoms with Crippen LogP contribution in [0, 0.1) is 0 Å². The van der Waals surface area contributed by atoms with Crippen LogP contribution >= 0.6 is 11.8 Å². The molecule has 2 aromatic carbocycles. The minimum absolute atomic E-state index is 1.14. The lowest BCUT2D eigenvalue weighted by molar-refractivity contribution is 1.25. The highest BCUT2D eigenvalue weighted by Gasteiger charge is 2.41. The third-order valence-electron chi connectivity index (χ3n) is 4.93. The largest absolute Gasteiger partial charge is 0.255 e. The van der Waals surface area contributed by atoms with Gasteiger partial charge >= 0.3 is 0 Å². The molecule has 0 spiro atoms. The van der Waals surface area contributed by atoms with Crippen LogP contribution in [0.4, 0.5) is 0 Å². The average Bonchev–Trinajstić information content (AvgIpc) is 2.69. The number of hydrogen-bond donors (Lipinski definition) is 0. The smallest absolute Gasteiger partial charge is 0.113 e. The van der Waals surface area contributed by atoms with Crippen molar-refractivity contribution in [1.82, 2.24) is 4.98 Å². The Labute approximate surface area is 135 Å². The number of hydrogen-bond acceptors (Lipinski definition) is 2. The van der Waals surface area contributed by atoms with Gasteiger partial charge in [-0.25, -0.2) is 0 Å². The van der Waals surface area contributed by atoms with Crippen molar-refractivity contribution in [3.05, 3.63) is 54.7 Å². The van der Waals surface area contributed by atoms with E-state index in [0.717, 1.165) is 5.69 Å². The van der Waals surface area contributed by atoms with Crippen LogP contribution in [0.15, 0.2) is 64.5 Å². The summed E-state index contributed by atoms with van der Waals surface area (Å²) < 4.78 is 0. The molecule has 106 valence electrons. The van der Waals surface area contributed by atoms with E-state index in [-0.39, 0.29) is 0 Å². The first-order chi connectivity index (χ1) is 10.7. The number of benzene rings is 2. The van der Waals surface area contributed by atoms with Crippen molar-refractivity contribution < 1.29 is 0 Å². The molecular formula is C19H15NSSi. The second-order valence-corrected chi connectivity index (χ2v) is 11.9. The monoisotopic (exact) mass is 317 g/mol. The van der Waals surface area contributed by atoms with E-state index in [0.29, 0.717) is 0 Å². The molecule has 0 fully saturated rings.